The maximum atomic E-state index is 12.6. The summed E-state index contributed by atoms with van der Waals surface area (Å²) in [4.78, 5) is 43.3. The van der Waals surface area contributed by atoms with Crippen LogP contribution in [0.5, 0.6) is 5.75 Å². The molecule has 0 radical (unpaired) electrons. The van der Waals surface area contributed by atoms with Gasteiger partial charge >= 0.3 is 5.97 Å². The smallest absolute Gasteiger partial charge is 0.333 e. The molecule has 2 amide bonds. The molecule has 14 nitrogen and oxygen atoms in total. The van der Waals surface area contributed by atoms with E-state index in [1.165, 1.54) is 34.7 Å². The Hall–Kier alpha value is -5.68. The van der Waals surface area contributed by atoms with Crippen molar-refractivity contribution in [3.8, 4) is 5.75 Å². The summed E-state index contributed by atoms with van der Waals surface area (Å²) in [6.07, 6.45) is 13.7. The van der Waals surface area contributed by atoms with E-state index in [9.17, 15) is 40.3 Å². The zero-order chi connectivity index (χ0) is 49.2. The number of carbonyl (C=O) groups is 3. The number of benzene rings is 3. The molecule has 3 aliphatic heterocycles. The Labute approximate surface area is 400 Å². The molecule has 68 heavy (non-hydrogen) atoms. The SMILES string of the molecule is CCCC[N+]1=C(/C=C/C2=C(Oc3ccc(CCC(=O)ON4C(=O)CCC4=O)cc3)C(=C/C=C3/N(CCCCS(=O)(=O)O)c4ccc(S(=O)(=O)O)cc4C3(C)C)/CCC2)C(C)(C)c2cc(C)ccc21. The average molecular weight is 969 g/mol. The van der Waals surface area contributed by atoms with E-state index in [1.54, 1.807) is 6.07 Å². The number of nitrogens with zero attached hydrogens (tertiary/aromatic N) is 3. The van der Waals surface area contributed by atoms with Crippen molar-refractivity contribution in [2.24, 2.45) is 0 Å². The zero-order valence-electron chi connectivity index (χ0n) is 39.7. The summed E-state index contributed by atoms with van der Waals surface area (Å²) in [6, 6.07) is 18.6. The summed E-state index contributed by atoms with van der Waals surface area (Å²) >= 11 is 0. The lowest BCUT2D eigenvalue weighted by molar-refractivity contribution is -0.438. The molecular formula is C52H62N3O11S2+. The predicted octanol–water partition coefficient (Wildman–Crippen LogP) is 9.31. The molecule has 0 unspecified atom stereocenters. The van der Waals surface area contributed by atoms with Crippen LogP contribution in [0.3, 0.4) is 0 Å². The number of rotatable bonds is 18. The van der Waals surface area contributed by atoms with Crippen LogP contribution in [0.1, 0.15) is 121 Å². The first-order valence-corrected chi connectivity index (χ1v) is 26.4. The first-order valence-electron chi connectivity index (χ1n) is 23.4. The third kappa shape index (κ3) is 11.1. The van der Waals surface area contributed by atoms with Crippen molar-refractivity contribution in [1.82, 2.24) is 5.06 Å². The lowest BCUT2D eigenvalue weighted by Gasteiger charge is -2.27. The standard InChI is InChI=1S/C52H61N3O11S2/c1-7-8-30-53-43-23-14-35(2)33-41(43)51(3,4)45(53)25-18-37-12-11-13-38(50(37)65-39-20-15-36(16-21-39)17-29-49(58)66-55-47(56)27-28-48(55)57)19-26-46-52(5,6)42-34-40(68(62,63)64)22-24-44(42)54(46)31-9-10-32-67(59,60)61/h14-16,18-26,33-34H,7-13,17,27-32H2,1-6H3,(H-,59,60,61,62,63,64)/p+1. The van der Waals surface area contributed by atoms with Crippen molar-refractivity contribution in [2.45, 2.75) is 128 Å². The molecule has 1 fully saturated rings. The molecule has 4 aliphatic rings. The van der Waals surface area contributed by atoms with Crippen molar-refractivity contribution >= 4 is 55.1 Å². The summed E-state index contributed by atoms with van der Waals surface area (Å²) in [6.45, 7) is 14.1. The number of unbranched alkanes of at least 4 members (excludes halogenated alkanes) is 2. The number of fused-ring (bicyclic) bond motifs is 2. The Bertz CT molecular complexity index is 2870. The second-order valence-electron chi connectivity index (χ2n) is 19.0. The molecule has 2 N–H and O–H groups in total. The van der Waals surface area contributed by atoms with E-state index in [4.69, 9.17) is 9.57 Å². The quantitative estimate of drug-likeness (QED) is 0.0533. The van der Waals surface area contributed by atoms with Crippen LogP contribution in [0.2, 0.25) is 0 Å². The van der Waals surface area contributed by atoms with Gasteiger partial charge < -0.3 is 14.5 Å². The minimum Gasteiger partial charge on any atom is -0.457 e. The zero-order valence-corrected chi connectivity index (χ0v) is 41.3. The molecule has 0 bridgehead atoms. The van der Waals surface area contributed by atoms with Crippen LogP contribution >= 0.6 is 0 Å². The van der Waals surface area contributed by atoms with E-state index in [0.29, 0.717) is 47.9 Å². The van der Waals surface area contributed by atoms with E-state index >= 15 is 0 Å². The van der Waals surface area contributed by atoms with E-state index in [1.807, 2.05) is 55.2 Å². The Balaban J connectivity index is 1.26. The van der Waals surface area contributed by atoms with Gasteiger partial charge in [-0.3, -0.25) is 18.7 Å². The van der Waals surface area contributed by atoms with E-state index in [2.05, 4.69) is 62.6 Å². The van der Waals surface area contributed by atoms with Crippen molar-refractivity contribution < 1.29 is 54.5 Å². The summed E-state index contributed by atoms with van der Waals surface area (Å²) in [5.41, 5.74) is 8.86. The summed E-state index contributed by atoms with van der Waals surface area (Å²) in [7, 11) is -8.67. The number of anilines is 1. The van der Waals surface area contributed by atoms with Crippen molar-refractivity contribution in [3.05, 3.63) is 130 Å². The molecule has 362 valence electrons. The van der Waals surface area contributed by atoms with Crippen LogP contribution in [-0.4, -0.2) is 77.9 Å². The fourth-order valence-corrected chi connectivity index (χ4v) is 10.6. The Kier molecular flexibility index (Phi) is 14.9. The summed E-state index contributed by atoms with van der Waals surface area (Å²) in [5.74, 6) is -0.874. The molecule has 0 aromatic heterocycles. The molecule has 0 atom stereocenters. The van der Waals surface area contributed by atoms with E-state index in [-0.39, 0.29) is 36.0 Å². The summed E-state index contributed by atoms with van der Waals surface area (Å²) in [5, 5.41) is 0.552. The normalized spacial score (nSPS) is 19.2. The van der Waals surface area contributed by atoms with Gasteiger partial charge in [-0.2, -0.15) is 21.4 Å². The Morgan fingerprint density at radius 3 is 2.22 bits per heavy atom. The lowest BCUT2D eigenvalue weighted by atomic mass is 9.80. The highest BCUT2D eigenvalue weighted by Gasteiger charge is 2.44. The Morgan fingerprint density at radius 1 is 0.824 bits per heavy atom. The molecule has 3 aromatic rings. The number of ether oxygens (including phenoxy) is 1. The van der Waals surface area contributed by atoms with E-state index in [0.717, 1.165) is 60.3 Å². The highest BCUT2D eigenvalue weighted by Crippen LogP contribution is 2.49. The highest BCUT2D eigenvalue weighted by molar-refractivity contribution is 7.86. The first-order chi connectivity index (χ1) is 32.1. The van der Waals surface area contributed by atoms with Gasteiger partial charge in [-0.15, -0.1) is 5.06 Å². The number of hydroxylamine groups is 2. The molecule has 3 heterocycles. The topological polar surface area (TPSA) is 188 Å². The highest BCUT2D eigenvalue weighted by atomic mass is 32.2. The molecule has 0 spiro atoms. The Morgan fingerprint density at radius 2 is 1.54 bits per heavy atom. The van der Waals surface area contributed by atoms with Crippen LogP contribution in [0.25, 0.3) is 0 Å². The van der Waals surface area contributed by atoms with Crippen molar-refractivity contribution in [2.75, 3.05) is 23.7 Å². The van der Waals surface area contributed by atoms with Crippen molar-refractivity contribution in [3.63, 3.8) is 0 Å². The van der Waals surface area contributed by atoms with Gasteiger partial charge in [0.1, 0.15) is 18.1 Å². The number of carbonyl (C=O) groups excluding carboxylic acids is 3. The average Bonchev–Trinajstić information content (AvgIpc) is 3.79. The van der Waals surface area contributed by atoms with Crippen LogP contribution < -0.4 is 9.64 Å². The van der Waals surface area contributed by atoms with Crippen LogP contribution in [0.15, 0.2) is 112 Å². The van der Waals surface area contributed by atoms with Gasteiger partial charge in [0.15, 0.2) is 5.71 Å². The van der Waals surface area contributed by atoms with Gasteiger partial charge in [0.2, 0.25) is 5.69 Å². The van der Waals surface area contributed by atoms with Crippen LogP contribution in [-0.2, 0) is 56.7 Å². The maximum Gasteiger partial charge on any atom is 0.333 e. The molecule has 0 saturated carbocycles. The largest absolute Gasteiger partial charge is 0.457 e. The second kappa shape index (κ2) is 20.1. The predicted molar refractivity (Wildman–Crippen MR) is 260 cm³/mol. The first kappa shape index (κ1) is 50.2. The van der Waals surface area contributed by atoms with Crippen LogP contribution in [0.4, 0.5) is 11.4 Å². The molecular weight excluding hydrogens is 907 g/mol. The number of allylic oxidation sites excluding steroid dienone is 7. The minimum absolute atomic E-state index is 0.0196. The monoisotopic (exact) mass is 968 g/mol. The lowest BCUT2D eigenvalue weighted by Crippen LogP contribution is -2.32. The maximum absolute atomic E-state index is 12.6. The number of hydrogen-bond donors (Lipinski definition) is 2. The molecule has 7 rings (SSSR count). The minimum atomic E-state index is -4.51. The number of imide groups is 1. The fourth-order valence-electron chi connectivity index (χ4n) is 9.56. The molecule has 16 heteroatoms. The number of amides is 2. The third-order valence-electron chi connectivity index (χ3n) is 13.3. The number of aryl methyl sites for hydroxylation is 2. The van der Waals surface area contributed by atoms with Gasteiger partial charge in [0, 0.05) is 60.3 Å². The third-order valence-corrected chi connectivity index (χ3v) is 15.0. The molecule has 1 saturated heterocycles. The van der Waals surface area contributed by atoms with Gasteiger partial charge in [0.25, 0.3) is 32.1 Å². The van der Waals surface area contributed by atoms with E-state index < -0.39 is 49.2 Å². The van der Waals surface area contributed by atoms with Gasteiger partial charge in [-0.05, 0) is 130 Å². The number of hydrogen-bond acceptors (Lipinski definition) is 10. The van der Waals surface area contributed by atoms with Gasteiger partial charge in [-0.1, -0.05) is 57.0 Å². The molecule has 1 aliphatic carbocycles. The van der Waals surface area contributed by atoms with Gasteiger partial charge in [-0.25, -0.2) is 4.79 Å². The van der Waals surface area contributed by atoms with Crippen LogP contribution in [0, 0.1) is 6.92 Å². The molecule has 3 aromatic carbocycles. The van der Waals surface area contributed by atoms with Gasteiger partial charge in [0.05, 0.1) is 22.5 Å². The second-order valence-corrected chi connectivity index (χ2v) is 22.0. The fraction of sp³-hybridized carbons (Fsp3) is 0.423. The summed E-state index contributed by atoms with van der Waals surface area (Å²) < 4.78 is 76.5. The van der Waals surface area contributed by atoms with Crippen molar-refractivity contribution in [1.29, 1.82) is 0 Å².